The molecule has 0 amide bonds. The van der Waals surface area contributed by atoms with Gasteiger partial charge < -0.3 is 4.90 Å². The van der Waals surface area contributed by atoms with Crippen LogP contribution in [0.3, 0.4) is 0 Å². The van der Waals surface area contributed by atoms with E-state index in [0.717, 1.165) is 23.6 Å². The number of halogens is 1. The van der Waals surface area contributed by atoms with Crippen molar-refractivity contribution in [2.45, 2.75) is 24.6 Å². The summed E-state index contributed by atoms with van der Waals surface area (Å²) in [5, 5.41) is 0.882. The van der Waals surface area contributed by atoms with Gasteiger partial charge in [-0.2, -0.15) is 0 Å². The highest BCUT2D eigenvalue weighted by Gasteiger charge is 2.19. The number of alkyl halides is 1. The van der Waals surface area contributed by atoms with E-state index in [-0.39, 0.29) is 0 Å². The van der Waals surface area contributed by atoms with Crippen LogP contribution in [0, 0.1) is 5.92 Å². The molecule has 1 aliphatic carbocycles. The Morgan fingerprint density at radius 1 is 1.47 bits per heavy atom. The lowest BCUT2D eigenvalue weighted by atomic mass is 9.85. The van der Waals surface area contributed by atoms with Crippen molar-refractivity contribution in [1.82, 2.24) is 4.98 Å². The quantitative estimate of drug-likeness (QED) is 0.780. The van der Waals surface area contributed by atoms with Crippen molar-refractivity contribution in [2.75, 3.05) is 18.5 Å². The highest BCUT2D eigenvalue weighted by Crippen LogP contribution is 2.27. The molecular formula is C12H17BrN2. The standard InChI is InChI=1S/C12H17BrN2/c1-15(9-10-3-2-4-10)12-6-5-11(7-13)8-14-12/h5-6,8,10H,2-4,7,9H2,1H3. The number of hydrogen-bond donors (Lipinski definition) is 0. The number of hydrogen-bond acceptors (Lipinski definition) is 2. The van der Waals surface area contributed by atoms with Crippen LogP contribution < -0.4 is 4.90 Å². The van der Waals surface area contributed by atoms with Gasteiger partial charge in [-0.05, 0) is 30.4 Å². The van der Waals surface area contributed by atoms with E-state index in [1.165, 1.54) is 24.8 Å². The minimum absolute atomic E-state index is 0.882. The highest BCUT2D eigenvalue weighted by atomic mass is 79.9. The Bertz CT molecular complexity index is 306. The second-order valence-corrected chi connectivity index (χ2v) is 4.90. The van der Waals surface area contributed by atoms with Crippen molar-refractivity contribution < 1.29 is 0 Å². The van der Waals surface area contributed by atoms with Crippen LogP contribution in [-0.2, 0) is 5.33 Å². The maximum atomic E-state index is 4.46. The maximum Gasteiger partial charge on any atom is 0.128 e. The molecule has 0 radical (unpaired) electrons. The van der Waals surface area contributed by atoms with Crippen LogP contribution in [0.25, 0.3) is 0 Å². The summed E-state index contributed by atoms with van der Waals surface area (Å²) in [4.78, 5) is 6.72. The van der Waals surface area contributed by atoms with Crippen LogP contribution >= 0.6 is 15.9 Å². The van der Waals surface area contributed by atoms with E-state index in [4.69, 9.17) is 0 Å². The molecule has 1 heterocycles. The van der Waals surface area contributed by atoms with Crippen molar-refractivity contribution >= 4 is 21.7 Å². The fraction of sp³-hybridized carbons (Fsp3) is 0.583. The molecule has 0 aromatic carbocycles. The van der Waals surface area contributed by atoms with E-state index in [1.807, 2.05) is 6.20 Å². The first kappa shape index (κ1) is 10.9. The van der Waals surface area contributed by atoms with Crippen molar-refractivity contribution in [2.24, 2.45) is 5.92 Å². The van der Waals surface area contributed by atoms with Gasteiger partial charge in [0.2, 0.25) is 0 Å². The predicted octanol–water partition coefficient (Wildman–Crippen LogP) is 3.21. The normalized spacial score (nSPS) is 16.1. The molecule has 1 aliphatic rings. The van der Waals surface area contributed by atoms with E-state index in [1.54, 1.807) is 0 Å². The van der Waals surface area contributed by atoms with Crippen LogP contribution in [-0.4, -0.2) is 18.6 Å². The first-order chi connectivity index (χ1) is 7.29. The van der Waals surface area contributed by atoms with Crippen LogP contribution in [0.4, 0.5) is 5.82 Å². The Hall–Kier alpha value is -0.570. The van der Waals surface area contributed by atoms with Gasteiger partial charge in [0.15, 0.2) is 0 Å². The van der Waals surface area contributed by atoms with Crippen LogP contribution in [0.5, 0.6) is 0 Å². The predicted molar refractivity (Wildman–Crippen MR) is 67.5 cm³/mol. The summed E-state index contributed by atoms with van der Waals surface area (Å²) in [7, 11) is 2.13. The van der Waals surface area contributed by atoms with E-state index in [0.29, 0.717) is 0 Å². The van der Waals surface area contributed by atoms with Gasteiger partial charge in [0, 0.05) is 25.1 Å². The third-order valence-electron chi connectivity index (χ3n) is 3.11. The monoisotopic (exact) mass is 268 g/mol. The Labute approximate surface area is 99.8 Å². The molecule has 2 nitrogen and oxygen atoms in total. The molecule has 0 unspecified atom stereocenters. The van der Waals surface area contributed by atoms with Crippen molar-refractivity contribution in [3.63, 3.8) is 0 Å². The average Bonchev–Trinajstić information content (AvgIpc) is 2.23. The molecule has 0 atom stereocenters. The van der Waals surface area contributed by atoms with E-state index in [9.17, 15) is 0 Å². The lowest BCUT2D eigenvalue weighted by molar-refractivity contribution is 0.321. The van der Waals surface area contributed by atoms with Crippen molar-refractivity contribution in [3.8, 4) is 0 Å². The molecule has 0 aliphatic heterocycles. The largest absolute Gasteiger partial charge is 0.359 e. The first-order valence-corrected chi connectivity index (χ1v) is 6.64. The zero-order valence-corrected chi connectivity index (χ0v) is 10.7. The summed E-state index contributed by atoms with van der Waals surface area (Å²) >= 11 is 3.43. The average molecular weight is 269 g/mol. The van der Waals surface area contributed by atoms with Gasteiger partial charge in [-0.25, -0.2) is 4.98 Å². The SMILES string of the molecule is CN(CC1CCC1)c1ccc(CBr)cn1. The summed E-state index contributed by atoms with van der Waals surface area (Å²) in [6.07, 6.45) is 6.14. The Balaban J connectivity index is 1.94. The first-order valence-electron chi connectivity index (χ1n) is 5.51. The van der Waals surface area contributed by atoms with Crippen molar-refractivity contribution in [1.29, 1.82) is 0 Å². The minimum Gasteiger partial charge on any atom is -0.359 e. The molecule has 1 saturated carbocycles. The van der Waals surface area contributed by atoms with Gasteiger partial charge in [-0.1, -0.05) is 28.4 Å². The minimum atomic E-state index is 0.882. The molecule has 1 aromatic heterocycles. The van der Waals surface area contributed by atoms with Crippen LogP contribution in [0.15, 0.2) is 18.3 Å². The van der Waals surface area contributed by atoms with Gasteiger partial charge in [0.05, 0.1) is 0 Å². The van der Waals surface area contributed by atoms with E-state index >= 15 is 0 Å². The van der Waals surface area contributed by atoms with E-state index < -0.39 is 0 Å². The Morgan fingerprint density at radius 3 is 2.73 bits per heavy atom. The summed E-state index contributed by atoms with van der Waals surface area (Å²) in [6.45, 7) is 1.15. The number of nitrogens with zero attached hydrogens (tertiary/aromatic N) is 2. The van der Waals surface area contributed by atoms with Gasteiger partial charge in [0.1, 0.15) is 5.82 Å². The summed E-state index contributed by atoms with van der Waals surface area (Å²) < 4.78 is 0. The number of aromatic nitrogens is 1. The molecule has 15 heavy (non-hydrogen) atoms. The summed E-state index contributed by atoms with van der Waals surface area (Å²) in [5.74, 6) is 1.99. The van der Waals surface area contributed by atoms with Gasteiger partial charge in [0.25, 0.3) is 0 Å². The van der Waals surface area contributed by atoms with Gasteiger partial charge in [-0.15, -0.1) is 0 Å². The lowest BCUT2D eigenvalue weighted by Gasteiger charge is -2.30. The zero-order chi connectivity index (χ0) is 10.7. The molecule has 0 saturated heterocycles. The third-order valence-corrected chi connectivity index (χ3v) is 3.76. The van der Waals surface area contributed by atoms with Crippen LogP contribution in [0.2, 0.25) is 0 Å². The number of rotatable bonds is 4. The van der Waals surface area contributed by atoms with E-state index in [2.05, 4.69) is 45.0 Å². The fourth-order valence-electron chi connectivity index (χ4n) is 1.88. The molecule has 2 rings (SSSR count). The topological polar surface area (TPSA) is 16.1 Å². The van der Waals surface area contributed by atoms with Gasteiger partial charge >= 0.3 is 0 Å². The Morgan fingerprint density at radius 2 is 2.27 bits per heavy atom. The molecule has 3 heteroatoms. The molecular weight excluding hydrogens is 252 g/mol. The maximum absolute atomic E-state index is 4.46. The summed E-state index contributed by atoms with van der Waals surface area (Å²) in [6, 6.07) is 4.24. The molecule has 1 fully saturated rings. The molecule has 1 aromatic rings. The molecule has 82 valence electrons. The molecule has 0 N–H and O–H groups in total. The number of pyridine rings is 1. The molecule has 0 bridgehead atoms. The number of anilines is 1. The molecule has 0 spiro atoms. The Kier molecular flexibility index (Phi) is 3.62. The van der Waals surface area contributed by atoms with Gasteiger partial charge in [-0.3, -0.25) is 0 Å². The lowest BCUT2D eigenvalue weighted by Crippen LogP contribution is -2.29. The zero-order valence-electron chi connectivity index (χ0n) is 9.12. The second-order valence-electron chi connectivity index (χ2n) is 4.34. The smallest absolute Gasteiger partial charge is 0.128 e. The van der Waals surface area contributed by atoms with Crippen molar-refractivity contribution in [3.05, 3.63) is 23.9 Å². The van der Waals surface area contributed by atoms with Crippen LogP contribution in [0.1, 0.15) is 24.8 Å². The third kappa shape index (κ3) is 2.71. The fourth-order valence-corrected chi connectivity index (χ4v) is 2.21. The second kappa shape index (κ2) is 4.97. The highest BCUT2D eigenvalue weighted by molar-refractivity contribution is 9.08. The summed E-state index contributed by atoms with van der Waals surface area (Å²) in [5.41, 5.74) is 1.23.